The minimum atomic E-state index is 0.257. The van der Waals surface area contributed by atoms with E-state index in [0.29, 0.717) is 26.4 Å². The molecule has 2 aromatic carbocycles. The van der Waals surface area contributed by atoms with Gasteiger partial charge in [-0.2, -0.15) is 0 Å². The molecule has 4 nitrogen and oxygen atoms in total. The maximum atomic E-state index is 9.45. The van der Waals surface area contributed by atoms with E-state index in [0.717, 1.165) is 16.5 Å². The van der Waals surface area contributed by atoms with Crippen LogP contribution in [0.4, 0.5) is 0 Å². The zero-order valence-corrected chi connectivity index (χ0v) is 11.0. The van der Waals surface area contributed by atoms with E-state index in [-0.39, 0.29) is 5.75 Å². The van der Waals surface area contributed by atoms with Crippen LogP contribution in [-0.4, -0.2) is 38.6 Å². The monoisotopic (exact) mass is 262 g/mol. The van der Waals surface area contributed by atoms with Gasteiger partial charge in [0, 0.05) is 7.11 Å². The van der Waals surface area contributed by atoms with Crippen molar-refractivity contribution in [3.8, 4) is 11.5 Å². The molecule has 0 aliphatic rings. The molecule has 4 heteroatoms. The maximum Gasteiger partial charge on any atom is 0.120 e. The lowest BCUT2D eigenvalue weighted by atomic mass is 10.1. The fourth-order valence-corrected chi connectivity index (χ4v) is 1.76. The topological polar surface area (TPSA) is 47.9 Å². The van der Waals surface area contributed by atoms with E-state index in [1.165, 1.54) is 0 Å². The smallest absolute Gasteiger partial charge is 0.120 e. The van der Waals surface area contributed by atoms with Crippen molar-refractivity contribution in [3.63, 3.8) is 0 Å². The minimum Gasteiger partial charge on any atom is -0.508 e. The second-order valence-electron chi connectivity index (χ2n) is 4.15. The molecule has 0 amide bonds. The van der Waals surface area contributed by atoms with E-state index < -0.39 is 0 Å². The number of methoxy groups -OCH3 is 1. The third-order valence-electron chi connectivity index (χ3n) is 2.72. The molecule has 0 fully saturated rings. The van der Waals surface area contributed by atoms with Crippen LogP contribution < -0.4 is 4.74 Å². The van der Waals surface area contributed by atoms with Gasteiger partial charge in [0.25, 0.3) is 0 Å². The van der Waals surface area contributed by atoms with Crippen molar-refractivity contribution in [2.45, 2.75) is 0 Å². The van der Waals surface area contributed by atoms with Crippen molar-refractivity contribution in [2.24, 2.45) is 0 Å². The van der Waals surface area contributed by atoms with Gasteiger partial charge in [0.15, 0.2) is 0 Å². The molecule has 0 saturated heterocycles. The van der Waals surface area contributed by atoms with Crippen molar-refractivity contribution in [2.75, 3.05) is 33.5 Å². The molecule has 0 saturated carbocycles. The normalized spacial score (nSPS) is 10.8. The molecular formula is C15H18O4. The molecule has 102 valence electrons. The highest BCUT2D eigenvalue weighted by Gasteiger charge is 1.99. The van der Waals surface area contributed by atoms with Gasteiger partial charge in [0.2, 0.25) is 0 Å². The predicted molar refractivity (Wildman–Crippen MR) is 73.8 cm³/mol. The average Bonchev–Trinajstić information content (AvgIpc) is 2.42. The van der Waals surface area contributed by atoms with Crippen molar-refractivity contribution >= 4 is 10.8 Å². The summed E-state index contributed by atoms with van der Waals surface area (Å²) in [5.41, 5.74) is 0. The van der Waals surface area contributed by atoms with Gasteiger partial charge in [-0.1, -0.05) is 12.1 Å². The number of benzene rings is 2. The highest BCUT2D eigenvalue weighted by molar-refractivity contribution is 5.85. The number of phenolic OH excluding ortho intramolecular Hbond substituents is 1. The van der Waals surface area contributed by atoms with Gasteiger partial charge in [-0.3, -0.25) is 0 Å². The van der Waals surface area contributed by atoms with Crippen LogP contribution in [0.3, 0.4) is 0 Å². The quantitative estimate of drug-likeness (QED) is 0.779. The van der Waals surface area contributed by atoms with Gasteiger partial charge >= 0.3 is 0 Å². The van der Waals surface area contributed by atoms with Crippen LogP contribution >= 0.6 is 0 Å². The number of ether oxygens (including phenoxy) is 3. The Bertz CT molecular complexity index is 525. The second-order valence-corrected chi connectivity index (χ2v) is 4.15. The summed E-state index contributed by atoms with van der Waals surface area (Å²) in [4.78, 5) is 0. The molecule has 0 aliphatic carbocycles. The number of phenols is 1. The Morgan fingerprint density at radius 1 is 0.895 bits per heavy atom. The summed E-state index contributed by atoms with van der Waals surface area (Å²) >= 11 is 0. The molecule has 2 rings (SSSR count). The van der Waals surface area contributed by atoms with Crippen molar-refractivity contribution in [1.29, 1.82) is 0 Å². The van der Waals surface area contributed by atoms with Crippen molar-refractivity contribution in [3.05, 3.63) is 36.4 Å². The van der Waals surface area contributed by atoms with E-state index in [1.54, 1.807) is 19.2 Å². The second kappa shape index (κ2) is 6.97. The van der Waals surface area contributed by atoms with Crippen LogP contribution in [0.15, 0.2) is 36.4 Å². The molecule has 0 aliphatic heterocycles. The Kier molecular flexibility index (Phi) is 5.01. The van der Waals surface area contributed by atoms with E-state index in [1.807, 2.05) is 24.3 Å². The first-order valence-electron chi connectivity index (χ1n) is 6.22. The van der Waals surface area contributed by atoms with Crippen LogP contribution in [0.2, 0.25) is 0 Å². The highest BCUT2D eigenvalue weighted by Crippen LogP contribution is 2.24. The third-order valence-corrected chi connectivity index (χ3v) is 2.72. The molecular weight excluding hydrogens is 244 g/mol. The Morgan fingerprint density at radius 3 is 2.53 bits per heavy atom. The van der Waals surface area contributed by atoms with E-state index in [2.05, 4.69) is 0 Å². The van der Waals surface area contributed by atoms with Crippen molar-refractivity contribution < 1.29 is 19.3 Å². The lowest BCUT2D eigenvalue weighted by molar-refractivity contribution is 0.0544. The summed E-state index contributed by atoms with van der Waals surface area (Å²) in [5.74, 6) is 1.03. The first-order chi connectivity index (χ1) is 9.29. The van der Waals surface area contributed by atoms with Crippen LogP contribution in [0.1, 0.15) is 0 Å². The summed E-state index contributed by atoms with van der Waals surface area (Å²) in [5, 5.41) is 11.5. The molecule has 0 spiro atoms. The van der Waals surface area contributed by atoms with Crippen LogP contribution in [-0.2, 0) is 9.47 Å². The van der Waals surface area contributed by atoms with Gasteiger partial charge in [0.05, 0.1) is 19.8 Å². The van der Waals surface area contributed by atoms with E-state index in [4.69, 9.17) is 14.2 Å². The Hall–Kier alpha value is -1.78. The minimum absolute atomic E-state index is 0.257. The first-order valence-corrected chi connectivity index (χ1v) is 6.22. The molecule has 0 radical (unpaired) electrons. The standard InChI is InChI=1S/C15H18O4/c1-17-6-7-18-8-9-19-15-5-3-12-2-4-14(16)10-13(12)11-15/h2-5,10-11,16H,6-9H2,1H3. The molecule has 0 atom stereocenters. The van der Waals surface area contributed by atoms with Crippen LogP contribution in [0.25, 0.3) is 10.8 Å². The lowest BCUT2D eigenvalue weighted by Gasteiger charge is -2.08. The molecule has 19 heavy (non-hydrogen) atoms. The summed E-state index contributed by atoms with van der Waals surface area (Å²) in [6.07, 6.45) is 0. The number of fused-ring (bicyclic) bond motifs is 1. The summed E-state index contributed by atoms with van der Waals surface area (Å²) in [7, 11) is 1.64. The Labute approximate surface area is 112 Å². The SMILES string of the molecule is COCCOCCOc1ccc2ccc(O)cc2c1. The third kappa shape index (κ3) is 4.12. The fraction of sp³-hybridized carbons (Fsp3) is 0.333. The Morgan fingerprint density at radius 2 is 1.68 bits per heavy atom. The molecule has 0 bridgehead atoms. The van der Waals surface area contributed by atoms with Gasteiger partial charge in [-0.25, -0.2) is 0 Å². The molecule has 1 N–H and O–H groups in total. The van der Waals surface area contributed by atoms with Crippen LogP contribution in [0, 0.1) is 0 Å². The number of hydrogen-bond donors (Lipinski definition) is 1. The highest BCUT2D eigenvalue weighted by atomic mass is 16.5. The Balaban J connectivity index is 1.87. The number of hydrogen-bond acceptors (Lipinski definition) is 4. The largest absolute Gasteiger partial charge is 0.508 e. The van der Waals surface area contributed by atoms with E-state index >= 15 is 0 Å². The zero-order valence-electron chi connectivity index (χ0n) is 11.0. The molecule has 2 aromatic rings. The van der Waals surface area contributed by atoms with Crippen molar-refractivity contribution in [1.82, 2.24) is 0 Å². The zero-order chi connectivity index (χ0) is 13.5. The predicted octanol–water partition coefficient (Wildman–Crippen LogP) is 2.59. The molecule has 0 aromatic heterocycles. The maximum absolute atomic E-state index is 9.45. The van der Waals surface area contributed by atoms with E-state index in [9.17, 15) is 5.11 Å². The van der Waals surface area contributed by atoms with Crippen LogP contribution in [0.5, 0.6) is 11.5 Å². The number of rotatable bonds is 7. The average molecular weight is 262 g/mol. The summed E-state index contributed by atoms with van der Waals surface area (Å²) in [6, 6.07) is 11.1. The van der Waals surface area contributed by atoms with Gasteiger partial charge in [0.1, 0.15) is 18.1 Å². The molecule has 0 unspecified atom stereocenters. The van der Waals surface area contributed by atoms with Gasteiger partial charge in [-0.05, 0) is 35.0 Å². The summed E-state index contributed by atoms with van der Waals surface area (Å²) in [6.45, 7) is 2.19. The molecule has 0 heterocycles. The van der Waals surface area contributed by atoms with Gasteiger partial charge in [-0.15, -0.1) is 0 Å². The lowest BCUT2D eigenvalue weighted by Crippen LogP contribution is -2.09. The number of aromatic hydroxyl groups is 1. The first kappa shape index (κ1) is 13.6. The fourth-order valence-electron chi connectivity index (χ4n) is 1.76. The van der Waals surface area contributed by atoms with Gasteiger partial charge < -0.3 is 19.3 Å². The summed E-state index contributed by atoms with van der Waals surface area (Å²) < 4.78 is 15.8.